The van der Waals surface area contributed by atoms with Crippen LogP contribution in [0.3, 0.4) is 0 Å². The Morgan fingerprint density at radius 3 is 2.80 bits per heavy atom. The summed E-state index contributed by atoms with van der Waals surface area (Å²) in [6.07, 6.45) is 1.42. The lowest BCUT2D eigenvalue weighted by molar-refractivity contribution is 0.127. The number of ether oxygens (including phenoxy) is 1. The molecule has 1 unspecified atom stereocenters. The number of hydrogen-bond acceptors (Lipinski definition) is 4. The first-order valence-electron chi connectivity index (χ1n) is 6.43. The molecule has 3 N–H and O–H groups in total. The lowest BCUT2D eigenvalue weighted by Gasteiger charge is -2.23. The minimum Gasteiger partial charge on any atom is -0.384 e. The highest BCUT2D eigenvalue weighted by atomic mass is 32.2. The fourth-order valence-electron chi connectivity index (χ4n) is 2.25. The van der Waals surface area contributed by atoms with Crippen molar-refractivity contribution in [3.05, 3.63) is 29.8 Å². The average Bonchev–Trinajstić information content (AvgIpc) is 2.89. The molecule has 1 aromatic rings. The van der Waals surface area contributed by atoms with Gasteiger partial charge in [-0.15, -0.1) is 0 Å². The molecule has 0 aliphatic carbocycles. The Kier molecular flexibility index (Phi) is 4.29. The monoisotopic (exact) mass is 297 g/mol. The van der Waals surface area contributed by atoms with Crippen molar-refractivity contribution in [3.8, 4) is 0 Å². The van der Waals surface area contributed by atoms with Crippen LogP contribution < -0.4 is 10.0 Å². The molecule has 0 bridgehead atoms. The van der Waals surface area contributed by atoms with Gasteiger partial charge in [0.05, 0.1) is 17.5 Å². The molecule has 110 valence electrons. The van der Waals surface area contributed by atoms with Gasteiger partial charge in [-0.2, -0.15) is 0 Å². The van der Waals surface area contributed by atoms with Gasteiger partial charge in [0.1, 0.15) is 5.84 Å². The smallest absolute Gasteiger partial charge is 0.237 e. The summed E-state index contributed by atoms with van der Waals surface area (Å²) in [5.74, 6) is -0.199. The SMILES string of the molecule is CN(c1ccccc1C(=N)N)S(=O)(=O)CC1CCCO1. The fourth-order valence-corrected chi connectivity index (χ4v) is 3.66. The maximum Gasteiger partial charge on any atom is 0.237 e. The van der Waals surface area contributed by atoms with Gasteiger partial charge in [0, 0.05) is 19.2 Å². The third-order valence-electron chi connectivity index (χ3n) is 3.37. The van der Waals surface area contributed by atoms with E-state index in [2.05, 4.69) is 0 Å². The van der Waals surface area contributed by atoms with Crippen LogP contribution in [0.15, 0.2) is 24.3 Å². The van der Waals surface area contributed by atoms with E-state index in [1.165, 1.54) is 11.4 Å². The van der Waals surface area contributed by atoms with Crippen LogP contribution in [0.5, 0.6) is 0 Å². The Hall–Kier alpha value is -1.60. The molecule has 0 spiro atoms. The summed E-state index contributed by atoms with van der Waals surface area (Å²) in [7, 11) is -2.02. The van der Waals surface area contributed by atoms with E-state index in [9.17, 15) is 8.42 Å². The lowest BCUT2D eigenvalue weighted by atomic mass is 10.1. The van der Waals surface area contributed by atoms with E-state index >= 15 is 0 Å². The molecular formula is C13H19N3O3S. The van der Waals surface area contributed by atoms with E-state index in [0.717, 1.165) is 12.8 Å². The van der Waals surface area contributed by atoms with E-state index in [1.54, 1.807) is 24.3 Å². The topological polar surface area (TPSA) is 96.5 Å². The Morgan fingerprint density at radius 1 is 1.50 bits per heavy atom. The quantitative estimate of drug-likeness (QED) is 0.624. The Labute approximate surface area is 119 Å². The molecule has 1 fully saturated rings. The van der Waals surface area contributed by atoms with Crippen LogP contribution in [-0.4, -0.2) is 39.8 Å². The molecule has 0 saturated carbocycles. The second kappa shape index (κ2) is 5.80. The van der Waals surface area contributed by atoms with Crippen LogP contribution in [0.4, 0.5) is 5.69 Å². The highest BCUT2D eigenvalue weighted by Gasteiger charge is 2.28. The lowest BCUT2D eigenvalue weighted by Crippen LogP contribution is -2.35. The maximum atomic E-state index is 12.4. The number of nitrogen functional groups attached to an aromatic ring is 1. The van der Waals surface area contributed by atoms with Gasteiger partial charge in [0.15, 0.2) is 0 Å². The number of nitrogens with one attached hydrogen (secondary N) is 1. The van der Waals surface area contributed by atoms with Gasteiger partial charge in [-0.05, 0) is 25.0 Å². The number of nitrogens with zero attached hydrogens (tertiary/aromatic N) is 1. The second-order valence-corrected chi connectivity index (χ2v) is 6.86. The molecule has 1 aliphatic rings. The molecule has 7 heteroatoms. The molecular weight excluding hydrogens is 278 g/mol. The minimum absolute atomic E-state index is 0.0459. The predicted molar refractivity (Wildman–Crippen MR) is 78.6 cm³/mol. The molecule has 1 saturated heterocycles. The number of nitrogens with two attached hydrogens (primary N) is 1. The molecule has 1 aromatic carbocycles. The predicted octanol–water partition coefficient (Wildman–Crippen LogP) is 0.916. The zero-order chi connectivity index (χ0) is 14.8. The van der Waals surface area contributed by atoms with Crippen LogP contribution in [-0.2, 0) is 14.8 Å². The second-order valence-electron chi connectivity index (χ2n) is 4.81. The van der Waals surface area contributed by atoms with Crippen molar-refractivity contribution in [2.24, 2.45) is 5.73 Å². The molecule has 1 aliphatic heterocycles. The zero-order valence-corrected chi connectivity index (χ0v) is 12.2. The number of para-hydroxylation sites is 1. The average molecular weight is 297 g/mol. The third kappa shape index (κ3) is 3.10. The summed E-state index contributed by atoms with van der Waals surface area (Å²) >= 11 is 0. The first-order chi connectivity index (χ1) is 9.42. The van der Waals surface area contributed by atoms with Crippen molar-refractivity contribution >= 4 is 21.5 Å². The summed E-state index contributed by atoms with van der Waals surface area (Å²) in [4.78, 5) is 0. The Bertz CT molecular complexity index is 595. The van der Waals surface area contributed by atoms with Crippen LogP contribution in [0.25, 0.3) is 0 Å². The van der Waals surface area contributed by atoms with Crippen LogP contribution in [0.2, 0.25) is 0 Å². The molecule has 0 aromatic heterocycles. The number of sulfonamides is 1. The fraction of sp³-hybridized carbons (Fsp3) is 0.462. The van der Waals surface area contributed by atoms with Gasteiger partial charge in [-0.1, -0.05) is 12.1 Å². The van der Waals surface area contributed by atoms with Gasteiger partial charge in [-0.3, -0.25) is 9.71 Å². The van der Waals surface area contributed by atoms with Crippen molar-refractivity contribution in [2.45, 2.75) is 18.9 Å². The standard InChI is InChI=1S/C13H19N3O3S/c1-16(12-7-3-2-6-11(12)13(14)15)20(17,18)9-10-5-4-8-19-10/h2-3,6-7,10H,4-5,8-9H2,1H3,(H3,14,15). The number of amidine groups is 1. The zero-order valence-electron chi connectivity index (χ0n) is 11.4. The van der Waals surface area contributed by atoms with Crippen molar-refractivity contribution in [1.29, 1.82) is 5.41 Å². The Balaban J connectivity index is 2.25. The maximum absolute atomic E-state index is 12.4. The van der Waals surface area contributed by atoms with Crippen molar-refractivity contribution < 1.29 is 13.2 Å². The Morgan fingerprint density at radius 2 is 2.20 bits per heavy atom. The normalized spacial score (nSPS) is 18.9. The first kappa shape index (κ1) is 14.8. The highest BCUT2D eigenvalue weighted by molar-refractivity contribution is 7.92. The molecule has 0 radical (unpaired) electrons. The van der Waals surface area contributed by atoms with Gasteiger partial charge in [-0.25, -0.2) is 8.42 Å². The minimum atomic E-state index is -3.50. The highest BCUT2D eigenvalue weighted by Crippen LogP contribution is 2.23. The van der Waals surface area contributed by atoms with E-state index < -0.39 is 10.0 Å². The summed E-state index contributed by atoms with van der Waals surface area (Å²) in [6, 6.07) is 6.72. The van der Waals surface area contributed by atoms with Crippen LogP contribution in [0.1, 0.15) is 18.4 Å². The van der Waals surface area contributed by atoms with Gasteiger partial charge in [0.2, 0.25) is 10.0 Å². The summed E-state index contributed by atoms with van der Waals surface area (Å²) < 4.78 is 31.4. The van der Waals surface area contributed by atoms with Gasteiger partial charge in [0.25, 0.3) is 0 Å². The van der Waals surface area contributed by atoms with E-state index in [-0.39, 0.29) is 17.7 Å². The van der Waals surface area contributed by atoms with Crippen LogP contribution in [0, 0.1) is 5.41 Å². The molecule has 1 atom stereocenters. The molecule has 2 rings (SSSR count). The number of hydrogen-bond donors (Lipinski definition) is 2. The summed E-state index contributed by atoms with van der Waals surface area (Å²) in [5, 5.41) is 7.53. The molecule has 1 heterocycles. The summed E-state index contributed by atoms with van der Waals surface area (Å²) in [6.45, 7) is 0.619. The van der Waals surface area contributed by atoms with Gasteiger partial charge < -0.3 is 10.5 Å². The molecule has 6 nitrogen and oxygen atoms in total. The summed E-state index contributed by atoms with van der Waals surface area (Å²) in [5.41, 5.74) is 6.32. The molecule has 0 amide bonds. The van der Waals surface area contributed by atoms with Crippen LogP contribution >= 0.6 is 0 Å². The number of benzene rings is 1. The molecule has 20 heavy (non-hydrogen) atoms. The van der Waals surface area contributed by atoms with Crippen molar-refractivity contribution in [2.75, 3.05) is 23.7 Å². The first-order valence-corrected chi connectivity index (χ1v) is 8.04. The van der Waals surface area contributed by atoms with E-state index in [0.29, 0.717) is 17.9 Å². The van der Waals surface area contributed by atoms with Crippen molar-refractivity contribution in [3.63, 3.8) is 0 Å². The number of anilines is 1. The van der Waals surface area contributed by atoms with E-state index in [4.69, 9.17) is 15.9 Å². The van der Waals surface area contributed by atoms with Gasteiger partial charge >= 0.3 is 0 Å². The van der Waals surface area contributed by atoms with Crippen molar-refractivity contribution in [1.82, 2.24) is 0 Å². The largest absolute Gasteiger partial charge is 0.384 e. The van der Waals surface area contributed by atoms with E-state index in [1.807, 2.05) is 0 Å². The number of rotatable bonds is 5. The third-order valence-corrected chi connectivity index (χ3v) is 5.20.